The maximum atomic E-state index is 13.0. The lowest BCUT2D eigenvalue weighted by atomic mass is 9.84. The molecule has 1 amide bonds. The molecule has 2 aliphatic rings. The fourth-order valence-electron chi connectivity index (χ4n) is 4.17. The molecule has 142 valence electrons. The Labute approximate surface area is 164 Å². The van der Waals surface area contributed by atoms with Crippen LogP contribution in [0.5, 0.6) is 0 Å². The Hall–Kier alpha value is -2.92. The van der Waals surface area contributed by atoms with Gasteiger partial charge in [-0.3, -0.25) is 4.79 Å². The molecule has 2 aliphatic heterocycles. The van der Waals surface area contributed by atoms with Gasteiger partial charge in [0.2, 0.25) is 0 Å². The summed E-state index contributed by atoms with van der Waals surface area (Å²) in [5.74, 6) is 0.116. The Morgan fingerprint density at radius 2 is 1.75 bits per heavy atom. The van der Waals surface area contributed by atoms with E-state index in [2.05, 4.69) is 40.3 Å². The maximum Gasteiger partial charge on any atom is 0.253 e. The summed E-state index contributed by atoms with van der Waals surface area (Å²) in [4.78, 5) is 22.1. The number of rotatable bonds is 3. The molecule has 1 aromatic heterocycles. The van der Waals surface area contributed by atoms with Gasteiger partial charge in [0.1, 0.15) is 0 Å². The molecule has 0 aliphatic carbocycles. The van der Waals surface area contributed by atoms with Crippen molar-refractivity contribution in [1.29, 1.82) is 0 Å². The zero-order chi connectivity index (χ0) is 19.0. The quantitative estimate of drug-likeness (QED) is 0.751. The number of nitrogens with zero attached hydrogens (tertiary/aromatic N) is 2. The van der Waals surface area contributed by atoms with Crippen molar-refractivity contribution in [3.8, 4) is 22.4 Å². The first-order valence-corrected chi connectivity index (χ1v) is 9.85. The Bertz CT molecular complexity index is 965. The molecule has 1 N–H and O–H groups in total. The van der Waals surface area contributed by atoms with Crippen LogP contribution in [-0.2, 0) is 4.74 Å². The number of nitrogens with one attached hydrogen (secondary N) is 1. The van der Waals surface area contributed by atoms with Crippen molar-refractivity contribution in [2.24, 2.45) is 0 Å². The van der Waals surface area contributed by atoms with Crippen LogP contribution in [0.15, 0.2) is 61.1 Å². The molecule has 3 aromatic rings. The Balaban J connectivity index is 1.32. The van der Waals surface area contributed by atoms with E-state index in [1.165, 1.54) is 0 Å². The van der Waals surface area contributed by atoms with Gasteiger partial charge in [0.25, 0.3) is 5.91 Å². The molecule has 2 fully saturated rings. The van der Waals surface area contributed by atoms with Crippen molar-refractivity contribution in [3.05, 3.63) is 66.6 Å². The second-order valence-electron chi connectivity index (χ2n) is 7.70. The van der Waals surface area contributed by atoms with E-state index in [-0.39, 0.29) is 11.5 Å². The zero-order valence-corrected chi connectivity index (χ0v) is 15.7. The molecule has 0 radical (unpaired) electrons. The summed E-state index contributed by atoms with van der Waals surface area (Å²) in [5.41, 5.74) is 5.05. The number of aromatic nitrogens is 2. The summed E-state index contributed by atoms with van der Waals surface area (Å²) in [6.07, 6.45) is 6.53. The Kier molecular flexibility index (Phi) is 4.24. The second kappa shape index (κ2) is 6.91. The van der Waals surface area contributed by atoms with E-state index in [9.17, 15) is 4.79 Å². The van der Waals surface area contributed by atoms with E-state index >= 15 is 0 Å². The molecule has 1 spiro atoms. The largest absolute Gasteiger partial charge is 0.375 e. The third-order valence-corrected chi connectivity index (χ3v) is 6.06. The summed E-state index contributed by atoms with van der Waals surface area (Å²) >= 11 is 0. The van der Waals surface area contributed by atoms with Crippen LogP contribution in [0.1, 0.15) is 29.6 Å². The lowest BCUT2D eigenvalue weighted by molar-refractivity contribution is -0.169. The fraction of sp³-hybridized carbons (Fsp3) is 0.304. The van der Waals surface area contributed by atoms with Crippen molar-refractivity contribution in [1.82, 2.24) is 14.9 Å². The van der Waals surface area contributed by atoms with Gasteiger partial charge >= 0.3 is 0 Å². The SMILES string of the molecule is O=C(c1cccc(-c2ccc(-c3cnc[nH]3)cc2)c1)N1CCC2(CCO2)CC1. The average molecular weight is 373 g/mol. The molecule has 28 heavy (non-hydrogen) atoms. The normalized spacial score (nSPS) is 18.1. The third kappa shape index (κ3) is 3.12. The molecule has 0 saturated carbocycles. The van der Waals surface area contributed by atoms with Gasteiger partial charge in [-0.25, -0.2) is 4.98 Å². The number of H-pyrrole nitrogens is 1. The van der Waals surface area contributed by atoms with E-state index in [4.69, 9.17) is 4.74 Å². The third-order valence-electron chi connectivity index (χ3n) is 6.06. The summed E-state index contributed by atoms with van der Waals surface area (Å²) in [7, 11) is 0. The minimum atomic E-state index is 0.0645. The van der Waals surface area contributed by atoms with Crippen molar-refractivity contribution >= 4 is 5.91 Å². The highest BCUT2D eigenvalue weighted by molar-refractivity contribution is 5.95. The van der Waals surface area contributed by atoms with Crippen LogP contribution in [0.3, 0.4) is 0 Å². The Morgan fingerprint density at radius 1 is 1.00 bits per heavy atom. The smallest absolute Gasteiger partial charge is 0.253 e. The number of benzene rings is 2. The molecule has 0 atom stereocenters. The number of carbonyl (C=O) groups is 1. The van der Waals surface area contributed by atoms with Gasteiger partial charge in [-0.2, -0.15) is 0 Å². The lowest BCUT2D eigenvalue weighted by Crippen LogP contribution is -2.53. The lowest BCUT2D eigenvalue weighted by Gasteiger charge is -2.47. The highest BCUT2D eigenvalue weighted by Gasteiger charge is 2.42. The topological polar surface area (TPSA) is 58.2 Å². The van der Waals surface area contributed by atoms with Crippen LogP contribution in [0.25, 0.3) is 22.4 Å². The molecule has 5 heteroatoms. The van der Waals surface area contributed by atoms with Gasteiger partial charge in [-0.15, -0.1) is 0 Å². The predicted molar refractivity (Wildman–Crippen MR) is 108 cm³/mol. The number of likely N-dealkylation sites (tertiary alicyclic amines) is 1. The van der Waals surface area contributed by atoms with Crippen LogP contribution in [0.4, 0.5) is 0 Å². The number of aromatic amines is 1. The predicted octanol–water partition coefficient (Wildman–Crippen LogP) is 4.14. The maximum absolute atomic E-state index is 13.0. The van der Waals surface area contributed by atoms with Crippen molar-refractivity contribution in [2.45, 2.75) is 24.9 Å². The Morgan fingerprint density at radius 3 is 2.39 bits per heavy atom. The molecule has 5 rings (SSSR count). The van der Waals surface area contributed by atoms with Crippen LogP contribution in [-0.4, -0.2) is 46.1 Å². The summed E-state index contributed by atoms with van der Waals surface area (Å²) in [6, 6.07) is 16.2. The average Bonchev–Trinajstić information content (AvgIpc) is 3.27. The number of carbonyl (C=O) groups excluding carboxylic acids is 1. The molecule has 5 nitrogen and oxygen atoms in total. The monoisotopic (exact) mass is 373 g/mol. The highest BCUT2D eigenvalue weighted by Crippen LogP contribution is 2.37. The van der Waals surface area contributed by atoms with Crippen molar-refractivity contribution in [2.75, 3.05) is 19.7 Å². The molecule has 3 heterocycles. The van der Waals surface area contributed by atoms with Gasteiger partial charge in [0, 0.05) is 18.7 Å². The molecular weight excluding hydrogens is 350 g/mol. The minimum Gasteiger partial charge on any atom is -0.375 e. The van der Waals surface area contributed by atoms with Gasteiger partial charge in [-0.05, 0) is 48.1 Å². The van der Waals surface area contributed by atoms with Crippen LogP contribution in [0, 0.1) is 0 Å². The van der Waals surface area contributed by atoms with E-state index < -0.39 is 0 Å². The van der Waals surface area contributed by atoms with E-state index in [0.29, 0.717) is 0 Å². The summed E-state index contributed by atoms with van der Waals surface area (Å²) < 4.78 is 5.76. The number of hydrogen-bond acceptors (Lipinski definition) is 3. The van der Waals surface area contributed by atoms with E-state index in [1.807, 2.05) is 29.3 Å². The van der Waals surface area contributed by atoms with Gasteiger partial charge in [0.15, 0.2) is 0 Å². The van der Waals surface area contributed by atoms with Gasteiger partial charge in [0.05, 0.1) is 30.4 Å². The van der Waals surface area contributed by atoms with Crippen LogP contribution >= 0.6 is 0 Å². The highest BCUT2D eigenvalue weighted by atomic mass is 16.5. The molecule has 2 aromatic carbocycles. The summed E-state index contributed by atoms with van der Waals surface area (Å²) in [6.45, 7) is 2.43. The van der Waals surface area contributed by atoms with Gasteiger partial charge in [-0.1, -0.05) is 36.4 Å². The number of hydrogen-bond donors (Lipinski definition) is 1. The number of piperidine rings is 1. The molecule has 0 unspecified atom stereocenters. The zero-order valence-electron chi connectivity index (χ0n) is 15.7. The first kappa shape index (κ1) is 17.2. The van der Waals surface area contributed by atoms with E-state index in [0.717, 1.165) is 66.9 Å². The van der Waals surface area contributed by atoms with Crippen LogP contribution < -0.4 is 0 Å². The van der Waals surface area contributed by atoms with E-state index in [1.54, 1.807) is 6.33 Å². The number of amides is 1. The minimum absolute atomic E-state index is 0.0645. The van der Waals surface area contributed by atoms with Crippen molar-refractivity contribution < 1.29 is 9.53 Å². The number of ether oxygens (including phenoxy) is 1. The summed E-state index contributed by atoms with van der Waals surface area (Å²) in [5, 5.41) is 0. The second-order valence-corrected chi connectivity index (χ2v) is 7.70. The molecule has 0 bridgehead atoms. The number of imidazole rings is 1. The molecule has 2 saturated heterocycles. The molecular formula is C23H23N3O2. The first-order chi connectivity index (χ1) is 13.7. The van der Waals surface area contributed by atoms with Crippen LogP contribution in [0.2, 0.25) is 0 Å². The van der Waals surface area contributed by atoms with Gasteiger partial charge < -0.3 is 14.6 Å². The van der Waals surface area contributed by atoms with Crippen molar-refractivity contribution in [3.63, 3.8) is 0 Å². The first-order valence-electron chi connectivity index (χ1n) is 9.85. The fourth-order valence-corrected chi connectivity index (χ4v) is 4.17. The standard InChI is InChI=1S/C23H23N3O2/c27-22(26-11-8-23(9-12-26)10-13-28-23)20-3-1-2-19(14-20)17-4-6-18(7-5-17)21-15-24-16-25-21/h1-7,14-16H,8-13H2,(H,24,25).